The van der Waals surface area contributed by atoms with E-state index in [-0.39, 0.29) is 36.8 Å². The molecule has 0 bridgehead atoms. The number of nitrogens with zero attached hydrogens (tertiary/aromatic N) is 6. The van der Waals surface area contributed by atoms with Crippen LogP contribution in [0.15, 0.2) is 30.9 Å². The van der Waals surface area contributed by atoms with Crippen LogP contribution in [0.2, 0.25) is 0 Å². The summed E-state index contributed by atoms with van der Waals surface area (Å²) in [4.78, 5) is 25.3. The van der Waals surface area contributed by atoms with Gasteiger partial charge in [-0.3, -0.25) is 9.48 Å². The quantitative estimate of drug-likeness (QED) is 0.829. The van der Waals surface area contributed by atoms with Crippen LogP contribution in [0.5, 0.6) is 0 Å². The third-order valence-corrected chi connectivity index (χ3v) is 4.02. The molecule has 1 atom stereocenters. The van der Waals surface area contributed by atoms with E-state index >= 15 is 0 Å². The lowest BCUT2D eigenvalue weighted by atomic mass is 10.1. The average molecular weight is 388 g/mol. The summed E-state index contributed by atoms with van der Waals surface area (Å²) in [6.45, 7) is 2.80. The third-order valence-electron chi connectivity index (χ3n) is 4.02. The number of piperazine rings is 1. The Morgan fingerprint density at radius 1 is 1.16 bits per heavy atom. The highest BCUT2D eigenvalue weighted by Crippen LogP contribution is 2.17. The summed E-state index contributed by atoms with van der Waals surface area (Å²) in [5.74, 6) is 0.797. The van der Waals surface area contributed by atoms with Crippen LogP contribution in [0.25, 0.3) is 0 Å². The fourth-order valence-corrected chi connectivity index (χ4v) is 2.79. The van der Waals surface area contributed by atoms with Gasteiger partial charge in [-0.2, -0.15) is 5.10 Å². The molecule has 3 heterocycles. The molecule has 0 saturated carbocycles. The summed E-state index contributed by atoms with van der Waals surface area (Å²) >= 11 is 0. The van der Waals surface area contributed by atoms with Gasteiger partial charge in [0.25, 0.3) is 0 Å². The van der Waals surface area contributed by atoms with Gasteiger partial charge in [-0.15, -0.1) is 24.8 Å². The molecule has 8 nitrogen and oxygen atoms in total. The maximum Gasteiger partial charge on any atom is 0.244 e. The van der Waals surface area contributed by atoms with Crippen molar-refractivity contribution >= 4 is 36.7 Å². The Morgan fingerprint density at radius 3 is 2.32 bits per heavy atom. The highest BCUT2D eigenvalue weighted by molar-refractivity contribution is 5.85. The number of rotatable bonds is 4. The normalized spacial score (nSPS) is 15.1. The average Bonchev–Trinajstić information content (AvgIpc) is 3.02. The summed E-state index contributed by atoms with van der Waals surface area (Å²) in [7, 11) is 3.64. The van der Waals surface area contributed by atoms with E-state index in [1.165, 1.54) is 0 Å². The Hall–Kier alpha value is -1.90. The zero-order valence-corrected chi connectivity index (χ0v) is 15.8. The second kappa shape index (κ2) is 9.55. The van der Waals surface area contributed by atoms with E-state index in [1.807, 2.05) is 18.1 Å². The standard InChI is InChI=1S/C15H21N7O.2ClH/c1-16-13(12-10-19-20(2)11-12)14(23)21-6-8-22(9-7-21)15-17-4-3-5-18-15;;/h3-5,10-11,13,16H,6-9H2,1-2H3;2*1H. The minimum atomic E-state index is -0.358. The molecule has 0 spiro atoms. The first-order chi connectivity index (χ1) is 11.2. The molecule has 1 amide bonds. The monoisotopic (exact) mass is 387 g/mol. The Kier molecular flexibility index (Phi) is 8.08. The van der Waals surface area contributed by atoms with Crippen LogP contribution in [0.3, 0.4) is 0 Å². The van der Waals surface area contributed by atoms with Crippen molar-refractivity contribution in [1.29, 1.82) is 0 Å². The first kappa shape index (κ1) is 21.1. The Labute approximate surface area is 159 Å². The SMILES string of the molecule is CNC(C(=O)N1CCN(c2ncccn2)CC1)c1cnn(C)c1.Cl.Cl. The van der Waals surface area contributed by atoms with Crippen LogP contribution >= 0.6 is 24.8 Å². The lowest BCUT2D eigenvalue weighted by Crippen LogP contribution is -2.51. The molecule has 1 saturated heterocycles. The van der Waals surface area contributed by atoms with Gasteiger partial charge >= 0.3 is 0 Å². The summed E-state index contributed by atoms with van der Waals surface area (Å²) in [5, 5.41) is 7.23. The number of nitrogens with one attached hydrogen (secondary N) is 1. The predicted molar refractivity (Wildman–Crippen MR) is 100 cm³/mol. The molecule has 0 radical (unpaired) electrons. The van der Waals surface area contributed by atoms with E-state index in [0.29, 0.717) is 13.1 Å². The van der Waals surface area contributed by atoms with Crippen molar-refractivity contribution in [3.63, 3.8) is 0 Å². The second-order valence-corrected chi connectivity index (χ2v) is 5.53. The van der Waals surface area contributed by atoms with Gasteiger partial charge in [0.05, 0.1) is 6.20 Å². The number of hydrogen-bond acceptors (Lipinski definition) is 6. The largest absolute Gasteiger partial charge is 0.337 e. The third kappa shape index (κ3) is 4.81. The fraction of sp³-hybridized carbons (Fsp3) is 0.467. The number of aryl methyl sites for hydroxylation is 1. The molecule has 3 rings (SSSR count). The van der Waals surface area contributed by atoms with E-state index in [4.69, 9.17) is 0 Å². The summed E-state index contributed by atoms with van der Waals surface area (Å²) < 4.78 is 1.71. The Bertz CT molecular complexity index is 659. The lowest BCUT2D eigenvalue weighted by Gasteiger charge is -2.36. The van der Waals surface area contributed by atoms with Gasteiger partial charge in [0, 0.05) is 57.4 Å². The van der Waals surface area contributed by atoms with Crippen LogP contribution in [0, 0.1) is 0 Å². The number of amides is 1. The van der Waals surface area contributed by atoms with Crippen molar-refractivity contribution in [2.45, 2.75) is 6.04 Å². The molecule has 2 aromatic heterocycles. The summed E-state index contributed by atoms with van der Waals surface area (Å²) in [6.07, 6.45) is 7.07. The first-order valence-electron chi connectivity index (χ1n) is 7.65. The van der Waals surface area contributed by atoms with Gasteiger partial charge in [-0.1, -0.05) is 0 Å². The topological polar surface area (TPSA) is 79.2 Å². The molecule has 1 fully saturated rings. The number of halogens is 2. The van der Waals surface area contributed by atoms with Crippen molar-refractivity contribution in [1.82, 2.24) is 30.0 Å². The van der Waals surface area contributed by atoms with Gasteiger partial charge in [-0.05, 0) is 13.1 Å². The molecule has 0 aromatic carbocycles. The molecule has 10 heteroatoms. The number of carbonyl (C=O) groups is 1. The molecule has 0 aliphatic carbocycles. The summed E-state index contributed by atoms with van der Waals surface area (Å²) in [6, 6.07) is 1.44. The minimum Gasteiger partial charge on any atom is -0.337 e. The van der Waals surface area contributed by atoms with Crippen LogP contribution in [0.1, 0.15) is 11.6 Å². The number of aromatic nitrogens is 4. The van der Waals surface area contributed by atoms with Crippen molar-refractivity contribution in [3.8, 4) is 0 Å². The van der Waals surface area contributed by atoms with E-state index in [9.17, 15) is 4.79 Å². The molecule has 1 N–H and O–H groups in total. The second-order valence-electron chi connectivity index (χ2n) is 5.53. The molecule has 25 heavy (non-hydrogen) atoms. The van der Waals surface area contributed by atoms with Gasteiger partial charge in [0.1, 0.15) is 6.04 Å². The molecule has 1 unspecified atom stereocenters. The first-order valence-corrected chi connectivity index (χ1v) is 7.65. The predicted octanol–water partition coefficient (Wildman–Crippen LogP) is 0.663. The maximum atomic E-state index is 12.8. The summed E-state index contributed by atoms with van der Waals surface area (Å²) in [5.41, 5.74) is 0.883. The van der Waals surface area contributed by atoms with Gasteiger partial charge in [0.15, 0.2) is 0 Å². The number of hydrogen-bond donors (Lipinski definition) is 1. The number of carbonyl (C=O) groups excluding carboxylic acids is 1. The van der Waals surface area contributed by atoms with Gasteiger partial charge in [0.2, 0.25) is 11.9 Å². The van der Waals surface area contributed by atoms with E-state index in [2.05, 4.69) is 25.3 Å². The molecular weight excluding hydrogens is 365 g/mol. The van der Waals surface area contributed by atoms with E-state index in [0.717, 1.165) is 24.6 Å². The van der Waals surface area contributed by atoms with Crippen molar-refractivity contribution in [2.75, 3.05) is 38.1 Å². The van der Waals surface area contributed by atoms with Crippen molar-refractivity contribution in [3.05, 3.63) is 36.4 Å². The highest BCUT2D eigenvalue weighted by Gasteiger charge is 2.28. The maximum absolute atomic E-state index is 12.8. The van der Waals surface area contributed by atoms with E-state index < -0.39 is 0 Å². The van der Waals surface area contributed by atoms with Crippen molar-refractivity contribution < 1.29 is 4.79 Å². The molecule has 1 aliphatic heterocycles. The zero-order valence-electron chi connectivity index (χ0n) is 14.2. The van der Waals surface area contributed by atoms with Crippen molar-refractivity contribution in [2.24, 2.45) is 7.05 Å². The Morgan fingerprint density at radius 2 is 1.80 bits per heavy atom. The smallest absolute Gasteiger partial charge is 0.244 e. The number of likely N-dealkylation sites (N-methyl/N-ethyl adjacent to an activating group) is 1. The fourth-order valence-electron chi connectivity index (χ4n) is 2.79. The highest BCUT2D eigenvalue weighted by atomic mass is 35.5. The minimum absolute atomic E-state index is 0. The molecule has 2 aromatic rings. The number of anilines is 1. The molecule has 1 aliphatic rings. The zero-order chi connectivity index (χ0) is 16.2. The van der Waals surface area contributed by atoms with Crippen LogP contribution in [0.4, 0.5) is 5.95 Å². The van der Waals surface area contributed by atoms with Crippen LogP contribution in [-0.4, -0.2) is 63.8 Å². The van der Waals surface area contributed by atoms with Gasteiger partial charge < -0.3 is 15.1 Å². The molecule has 138 valence electrons. The molecular formula is C15H23Cl2N7O. The van der Waals surface area contributed by atoms with Gasteiger partial charge in [-0.25, -0.2) is 9.97 Å². The van der Waals surface area contributed by atoms with E-state index in [1.54, 1.807) is 36.4 Å². The Balaban J connectivity index is 0.00000156. The van der Waals surface area contributed by atoms with Crippen LogP contribution < -0.4 is 10.2 Å². The van der Waals surface area contributed by atoms with Crippen LogP contribution in [-0.2, 0) is 11.8 Å². The lowest BCUT2D eigenvalue weighted by molar-refractivity contribution is -0.133.